The summed E-state index contributed by atoms with van der Waals surface area (Å²) in [5.41, 5.74) is -0.0274. The van der Waals surface area contributed by atoms with Gasteiger partial charge in [0.1, 0.15) is 0 Å². The molecule has 0 radical (unpaired) electrons. The van der Waals surface area contributed by atoms with E-state index in [0.29, 0.717) is 30.1 Å². The fourth-order valence-corrected chi connectivity index (χ4v) is 3.40. The standard InChI is InChI=1S/C13H19NO3S/c1-3-18(16,17)12-7-5-4-6-11(12)14-9-8-13(2,15)10-14/h4-7,15H,3,8-10H2,1-2H3. The summed E-state index contributed by atoms with van der Waals surface area (Å²) < 4.78 is 24.1. The van der Waals surface area contributed by atoms with Gasteiger partial charge in [-0.2, -0.15) is 0 Å². The van der Waals surface area contributed by atoms with E-state index >= 15 is 0 Å². The Morgan fingerprint density at radius 2 is 2.06 bits per heavy atom. The second kappa shape index (κ2) is 4.55. The van der Waals surface area contributed by atoms with Gasteiger partial charge in [0.15, 0.2) is 9.84 Å². The van der Waals surface area contributed by atoms with Crippen LogP contribution in [0.3, 0.4) is 0 Å². The van der Waals surface area contributed by atoms with Gasteiger partial charge in [-0.1, -0.05) is 19.1 Å². The molecular weight excluding hydrogens is 250 g/mol. The van der Waals surface area contributed by atoms with Crippen molar-refractivity contribution in [1.82, 2.24) is 0 Å². The van der Waals surface area contributed by atoms with Crippen molar-refractivity contribution in [2.75, 3.05) is 23.7 Å². The molecule has 0 bridgehead atoms. The Labute approximate surface area is 108 Å². The monoisotopic (exact) mass is 269 g/mol. The number of anilines is 1. The van der Waals surface area contributed by atoms with Crippen molar-refractivity contribution in [1.29, 1.82) is 0 Å². The third kappa shape index (κ3) is 2.52. The van der Waals surface area contributed by atoms with E-state index in [1.807, 2.05) is 17.0 Å². The lowest BCUT2D eigenvalue weighted by atomic mass is 10.1. The lowest BCUT2D eigenvalue weighted by Crippen LogP contribution is -2.30. The highest BCUT2D eigenvalue weighted by Crippen LogP contribution is 2.31. The maximum Gasteiger partial charge on any atom is 0.180 e. The first-order valence-electron chi connectivity index (χ1n) is 6.15. The van der Waals surface area contributed by atoms with Crippen LogP contribution in [0.5, 0.6) is 0 Å². The summed E-state index contributed by atoms with van der Waals surface area (Å²) >= 11 is 0. The summed E-state index contributed by atoms with van der Waals surface area (Å²) in [4.78, 5) is 2.31. The Morgan fingerprint density at radius 1 is 1.39 bits per heavy atom. The van der Waals surface area contributed by atoms with Crippen LogP contribution >= 0.6 is 0 Å². The molecule has 0 spiro atoms. The first kappa shape index (κ1) is 13.4. The number of sulfone groups is 1. The largest absolute Gasteiger partial charge is 0.388 e. The van der Waals surface area contributed by atoms with Crippen LogP contribution in [-0.2, 0) is 9.84 Å². The van der Waals surface area contributed by atoms with Crippen molar-refractivity contribution in [2.24, 2.45) is 0 Å². The zero-order chi connectivity index (χ0) is 13.4. The molecule has 1 aliphatic rings. The van der Waals surface area contributed by atoms with Crippen LogP contribution in [0.1, 0.15) is 20.3 Å². The quantitative estimate of drug-likeness (QED) is 0.902. The van der Waals surface area contributed by atoms with Gasteiger partial charge in [0.05, 0.1) is 21.9 Å². The zero-order valence-corrected chi connectivity index (χ0v) is 11.6. The van der Waals surface area contributed by atoms with Crippen molar-refractivity contribution in [3.8, 4) is 0 Å². The number of rotatable bonds is 3. The van der Waals surface area contributed by atoms with Gasteiger partial charge in [-0.25, -0.2) is 8.42 Å². The number of β-amino-alcohol motifs (C(OH)–C–C–N with tert-alkyl or cyclic N) is 1. The average molecular weight is 269 g/mol. The van der Waals surface area contributed by atoms with Crippen molar-refractivity contribution in [3.05, 3.63) is 24.3 Å². The molecule has 0 aliphatic carbocycles. The SMILES string of the molecule is CCS(=O)(=O)c1ccccc1N1CCC(C)(O)C1. The van der Waals surface area contributed by atoms with Crippen molar-refractivity contribution >= 4 is 15.5 Å². The van der Waals surface area contributed by atoms with Crippen LogP contribution in [0.4, 0.5) is 5.69 Å². The maximum absolute atomic E-state index is 12.1. The van der Waals surface area contributed by atoms with E-state index in [2.05, 4.69) is 0 Å². The number of benzene rings is 1. The molecule has 18 heavy (non-hydrogen) atoms. The second-order valence-electron chi connectivity index (χ2n) is 5.04. The number of hydrogen-bond donors (Lipinski definition) is 1. The summed E-state index contributed by atoms with van der Waals surface area (Å²) in [5.74, 6) is 0.0915. The highest BCUT2D eigenvalue weighted by atomic mass is 32.2. The molecule has 5 heteroatoms. The Kier molecular flexibility index (Phi) is 3.38. The lowest BCUT2D eigenvalue weighted by Gasteiger charge is -2.23. The van der Waals surface area contributed by atoms with Gasteiger partial charge >= 0.3 is 0 Å². The van der Waals surface area contributed by atoms with Crippen LogP contribution in [0.15, 0.2) is 29.2 Å². The molecule has 100 valence electrons. The summed E-state index contributed by atoms with van der Waals surface area (Å²) in [6.07, 6.45) is 0.660. The molecule has 1 saturated heterocycles. The molecule has 1 aliphatic heterocycles. The van der Waals surface area contributed by atoms with Crippen LogP contribution < -0.4 is 4.90 Å². The van der Waals surface area contributed by atoms with Gasteiger partial charge in [-0.3, -0.25) is 0 Å². The van der Waals surface area contributed by atoms with Gasteiger partial charge in [0.25, 0.3) is 0 Å². The van der Waals surface area contributed by atoms with Crippen LogP contribution in [0, 0.1) is 0 Å². The van der Waals surface area contributed by atoms with E-state index in [9.17, 15) is 13.5 Å². The van der Waals surface area contributed by atoms with E-state index in [1.54, 1.807) is 26.0 Å². The van der Waals surface area contributed by atoms with Crippen molar-refractivity contribution in [2.45, 2.75) is 30.8 Å². The fourth-order valence-electron chi connectivity index (χ4n) is 2.29. The number of hydrogen-bond acceptors (Lipinski definition) is 4. The Bertz CT molecular complexity index is 537. The minimum absolute atomic E-state index is 0.0915. The number of nitrogens with zero attached hydrogens (tertiary/aromatic N) is 1. The molecule has 4 nitrogen and oxygen atoms in total. The van der Waals surface area contributed by atoms with Gasteiger partial charge in [0, 0.05) is 13.1 Å². The molecule has 1 unspecified atom stereocenters. The predicted octanol–water partition coefficient (Wildman–Crippen LogP) is 1.44. The Morgan fingerprint density at radius 3 is 2.61 bits per heavy atom. The van der Waals surface area contributed by atoms with Gasteiger partial charge in [0.2, 0.25) is 0 Å². The van der Waals surface area contributed by atoms with Crippen LogP contribution in [0.2, 0.25) is 0 Å². The maximum atomic E-state index is 12.1. The molecule has 1 aromatic carbocycles. The van der Waals surface area contributed by atoms with Gasteiger partial charge in [-0.05, 0) is 25.5 Å². The Balaban J connectivity index is 2.41. The van der Waals surface area contributed by atoms with E-state index in [0.717, 1.165) is 0 Å². The number of para-hydroxylation sites is 1. The highest BCUT2D eigenvalue weighted by Gasteiger charge is 2.33. The summed E-state index contributed by atoms with van der Waals surface area (Å²) in [7, 11) is -3.23. The number of aliphatic hydroxyl groups is 1. The van der Waals surface area contributed by atoms with E-state index in [-0.39, 0.29) is 5.75 Å². The van der Waals surface area contributed by atoms with E-state index in [4.69, 9.17) is 0 Å². The molecule has 0 aromatic heterocycles. The fraction of sp³-hybridized carbons (Fsp3) is 0.538. The molecule has 2 rings (SSSR count). The minimum Gasteiger partial charge on any atom is -0.388 e. The molecule has 1 fully saturated rings. The average Bonchev–Trinajstić information content (AvgIpc) is 2.70. The predicted molar refractivity (Wildman–Crippen MR) is 71.6 cm³/mol. The van der Waals surface area contributed by atoms with E-state index < -0.39 is 15.4 Å². The third-order valence-corrected chi connectivity index (χ3v) is 5.15. The minimum atomic E-state index is -3.23. The van der Waals surface area contributed by atoms with E-state index in [1.165, 1.54) is 0 Å². The normalized spacial score (nSPS) is 24.5. The summed E-state index contributed by atoms with van der Waals surface area (Å²) in [5, 5.41) is 9.99. The molecule has 0 amide bonds. The molecule has 1 atom stereocenters. The topological polar surface area (TPSA) is 57.6 Å². The van der Waals surface area contributed by atoms with Gasteiger partial charge < -0.3 is 10.0 Å². The van der Waals surface area contributed by atoms with Crippen molar-refractivity contribution < 1.29 is 13.5 Å². The molecule has 0 saturated carbocycles. The zero-order valence-electron chi connectivity index (χ0n) is 10.8. The second-order valence-corrected chi connectivity index (χ2v) is 7.29. The molecular formula is C13H19NO3S. The van der Waals surface area contributed by atoms with Crippen molar-refractivity contribution in [3.63, 3.8) is 0 Å². The molecule has 1 N–H and O–H groups in total. The first-order chi connectivity index (χ1) is 8.36. The molecule has 1 aromatic rings. The van der Waals surface area contributed by atoms with Crippen LogP contribution in [-0.4, -0.2) is 38.0 Å². The smallest absolute Gasteiger partial charge is 0.180 e. The Hall–Kier alpha value is -1.07. The lowest BCUT2D eigenvalue weighted by molar-refractivity contribution is 0.0839. The summed E-state index contributed by atoms with van der Waals surface area (Å²) in [6.45, 7) is 4.59. The highest BCUT2D eigenvalue weighted by molar-refractivity contribution is 7.91. The third-order valence-electron chi connectivity index (χ3n) is 3.37. The summed E-state index contributed by atoms with van der Waals surface area (Å²) in [6, 6.07) is 7.02. The molecule has 1 heterocycles. The first-order valence-corrected chi connectivity index (χ1v) is 7.80. The van der Waals surface area contributed by atoms with Gasteiger partial charge in [-0.15, -0.1) is 0 Å². The van der Waals surface area contributed by atoms with Crippen LogP contribution in [0.25, 0.3) is 0 Å².